The molecule has 5 rings (SSSR count). The number of nitrogens with one attached hydrogen (secondary N) is 1. The van der Waals surface area contributed by atoms with E-state index < -0.39 is 0 Å². The van der Waals surface area contributed by atoms with Crippen LogP contribution in [0.25, 0.3) is 16.9 Å². The molecular formula is C23H21N5O. The molecule has 1 aliphatic carbocycles. The first-order chi connectivity index (χ1) is 14.3. The van der Waals surface area contributed by atoms with Gasteiger partial charge in [0.1, 0.15) is 0 Å². The molecule has 0 spiro atoms. The zero-order valence-electron chi connectivity index (χ0n) is 16.0. The van der Waals surface area contributed by atoms with Gasteiger partial charge in [-0.05, 0) is 55.5 Å². The van der Waals surface area contributed by atoms with Gasteiger partial charge in [0.05, 0.1) is 5.69 Å². The summed E-state index contributed by atoms with van der Waals surface area (Å²) in [5, 5.41) is 7.33. The van der Waals surface area contributed by atoms with E-state index in [1.807, 2.05) is 36.5 Å². The fraction of sp³-hybridized carbons (Fsp3) is 0.217. The van der Waals surface area contributed by atoms with Crippen LogP contribution in [0.3, 0.4) is 0 Å². The average Bonchev–Trinajstić information content (AvgIpc) is 3.53. The van der Waals surface area contributed by atoms with Gasteiger partial charge in [-0.2, -0.15) is 4.98 Å². The van der Waals surface area contributed by atoms with Crippen LogP contribution < -0.4 is 5.32 Å². The largest absolute Gasteiger partial charge is 0.293 e. The van der Waals surface area contributed by atoms with E-state index in [0.29, 0.717) is 11.6 Å². The molecule has 1 fully saturated rings. The van der Waals surface area contributed by atoms with Crippen molar-refractivity contribution in [2.45, 2.75) is 25.7 Å². The summed E-state index contributed by atoms with van der Waals surface area (Å²) >= 11 is 0. The lowest BCUT2D eigenvalue weighted by molar-refractivity contribution is -0.117. The van der Waals surface area contributed by atoms with Crippen LogP contribution in [0.5, 0.6) is 0 Å². The number of carbonyl (C=O) groups is 1. The Labute approximate surface area is 168 Å². The lowest BCUT2D eigenvalue weighted by atomic mass is 10.0. The maximum Gasteiger partial charge on any atom is 0.249 e. The molecule has 0 atom stereocenters. The highest BCUT2D eigenvalue weighted by Crippen LogP contribution is 2.30. The Morgan fingerprint density at radius 2 is 1.86 bits per heavy atom. The number of pyridine rings is 2. The third-order valence-electron chi connectivity index (χ3n) is 5.19. The summed E-state index contributed by atoms with van der Waals surface area (Å²) in [6.45, 7) is 0. The Balaban J connectivity index is 1.35. The zero-order chi connectivity index (χ0) is 19.6. The fourth-order valence-corrected chi connectivity index (χ4v) is 3.40. The standard InChI is InChI=1S/C23H21N5O/c29-22(18-12-13-18)26-23-25-21-6-3-5-20(28(21)27-23)17-10-7-16(8-11-17)9-14-19-4-1-2-15-24-19/h1-8,10-11,15,18H,9,12-14H2,(H,26,27,29). The molecule has 6 nitrogen and oxygen atoms in total. The van der Waals surface area contributed by atoms with Gasteiger partial charge in [0.25, 0.3) is 0 Å². The van der Waals surface area contributed by atoms with E-state index in [9.17, 15) is 4.79 Å². The van der Waals surface area contributed by atoms with Gasteiger partial charge in [0.2, 0.25) is 11.9 Å². The topological polar surface area (TPSA) is 72.2 Å². The van der Waals surface area contributed by atoms with Gasteiger partial charge in [0, 0.05) is 23.4 Å². The van der Waals surface area contributed by atoms with Gasteiger partial charge in [-0.15, -0.1) is 5.10 Å². The number of hydrogen-bond donors (Lipinski definition) is 1. The molecule has 0 aliphatic heterocycles. The number of carbonyl (C=O) groups excluding carboxylic acids is 1. The molecule has 6 heteroatoms. The second-order valence-electron chi connectivity index (χ2n) is 7.40. The van der Waals surface area contributed by atoms with Gasteiger partial charge in [-0.25, -0.2) is 4.52 Å². The second kappa shape index (κ2) is 7.47. The summed E-state index contributed by atoms with van der Waals surface area (Å²) in [5.74, 6) is 0.501. The molecule has 1 amide bonds. The highest BCUT2D eigenvalue weighted by molar-refractivity contribution is 5.92. The predicted molar refractivity (Wildman–Crippen MR) is 111 cm³/mol. The first-order valence-corrected chi connectivity index (χ1v) is 9.92. The van der Waals surface area contributed by atoms with Crippen LogP contribution in [-0.2, 0) is 17.6 Å². The van der Waals surface area contributed by atoms with Gasteiger partial charge in [0.15, 0.2) is 5.65 Å². The molecule has 1 saturated carbocycles. The van der Waals surface area contributed by atoms with Gasteiger partial charge in [-0.1, -0.05) is 36.4 Å². The third-order valence-corrected chi connectivity index (χ3v) is 5.19. The summed E-state index contributed by atoms with van der Waals surface area (Å²) in [5.41, 5.74) is 5.08. The predicted octanol–water partition coefficient (Wildman–Crippen LogP) is 3.93. The smallest absolute Gasteiger partial charge is 0.249 e. The molecule has 0 unspecified atom stereocenters. The van der Waals surface area contributed by atoms with E-state index in [1.165, 1.54) is 5.56 Å². The minimum Gasteiger partial charge on any atom is -0.293 e. The summed E-state index contributed by atoms with van der Waals surface area (Å²) in [4.78, 5) is 20.8. The molecule has 3 heterocycles. The first kappa shape index (κ1) is 17.6. The molecule has 29 heavy (non-hydrogen) atoms. The lowest BCUT2D eigenvalue weighted by Crippen LogP contribution is -2.14. The van der Waals surface area contributed by atoms with Gasteiger partial charge < -0.3 is 0 Å². The van der Waals surface area contributed by atoms with Crippen LogP contribution in [0.2, 0.25) is 0 Å². The lowest BCUT2D eigenvalue weighted by Gasteiger charge is -2.06. The number of benzene rings is 1. The minimum absolute atomic E-state index is 0.0136. The summed E-state index contributed by atoms with van der Waals surface area (Å²) in [6, 6.07) is 20.4. The molecule has 144 valence electrons. The third kappa shape index (κ3) is 3.87. The van der Waals surface area contributed by atoms with E-state index in [-0.39, 0.29) is 11.8 Å². The van der Waals surface area contributed by atoms with E-state index in [1.54, 1.807) is 4.52 Å². The number of aromatic nitrogens is 4. The number of amides is 1. The highest BCUT2D eigenvalue weighted by Gasteiger charge is 2.30. The van der Waals surface area contributed by atoms with E-state index in [0.717, 1.165) is 42.6 Å². The van der Waals surface area contributed by atoms with E-state index >= 15 is 0 Å². The molecule has 1 aliphatic rings. The van der Waals surface area contributed by atoms with Gasteiger partial charge in [-0.3, -0.25) is 15.1 Å². The number of rotatable bonds is 6. The van der Waals surface area contributed by atoms with Crippen molar-refractivity contribution >= 4 is 17.5 Å². The zero-order valence-corrected chi connectivity index (χ0v) is 16.0. The molecule has 1 aromatic carbocycles. The Kier molecular flexibility index (Phi) is 4.52. The highest BCUT2D eigenvalue weighted by atomic mass is 16.2. The monoisotopic (exact) mass is 383 g/mol. The Morgan fingerprint density at radius 1 is 1.00 bits per heavy atom. The second-order valence-corrected chi connectivity index (χ2v) is 7.40. The molecule has 0 bridgehead atoms. The number of nitrogens with zero attached hydrogens (tertiary/aromatic N) is 4. The quantitative estimate of drug-likeness (QED) is 0.548. The van der Waals surface area contributed by atoms with Crippen LogP contribution in [0.1, 0.15) is 24.1 Å². The van der Waals surface area contributed by atoms with Crippen molar-refractivity contribution in [3.63, 3.8) is 0 Å². The van der Waals surface area contributed by atoms with Crippen molar-refractivity contribution in [1.82, 2.24) is 19.6 Å². The number of anilines is 1. The number of fused-ring (bicyclic) bond motifs is 1. The Morgan fingerprint density at radius 3 is 2.62 bits per heavy atom. The molecule has 4 aromatic rings. The van der Waals surface area contributed by atoms with Crippen LogP contribution in [0, 0.1) is 5.92 Å². The SMILES string of the molecule is O=C(Nc1nc2cccc(-c3ccc(CCc4ccccn4)cc3)n2n1)C1CC1. The molecule has 0 saturated heterocycles. The number of hydrogen-bond acceptors (Lipinski definition) is 4. The minimum atomic E-state index is 0.0136. The Bertz CT molecular complexity index is 1150. The summed E-state index contributed by atoms with van der Waals surface area (Å²) in [6.07, 6.45) is 5.61. The molecule has 0 radical (unpaired) electrons. The van der Waals surface area contributed by atoms with Crippen LogP contribution in [-0.4, -0.2) is 25.5 Å². The first-order valence-electron chi connectivity index (χ1n) is 9.92. The van der Waals surface area contributed by atoms with Crippen molar-refractivity contribution in [3.05, 3.63) is 78.1 Å². The van der Waals surface area contributed by atoms with Crippen molar-refractivity contribution in [3.8, 4) is 11.3 Å². The maximum atomic E-state index is 12.0. The average molecular weight is 383 g/mol. The number of aryl methyl sites for hydroxylation is 2. The molecule has 1 N–H and O–H groups in total. The van der Waals surface area contributed by atoms with E-state index in [4.69, 9.17) is 0 Å². The van der Waals surface area contributed by atoms with Crippen molar-refractivity contribution in [1.29, 1.82) is 0 Å². The van der Waals surface area contributed by atoms with Crippen LogP contribution >= 0.6 is 0 Å². The fourth-order valence-electron chi connectivity index (χ4n) is 3.40. The van der Waals surface area contributed by atoms with E-state index in [2.05, 4.69) is 50.7 Å². The summed E-state index contributed by atoms with van der Waals surface area (Å²) < 4.78 is 1.78. The van der Waals surface area contributed by atoms with Crippen molar-refractivity contribution in [2.24, 2.45) is 5.92 Å². The van der Waals surface area contributed by atoms with Crippen LogP contribution in [0.15, 0.2) is 66.9 Å². The summed E-state index contributed by atoms with van der Waals surface area (Å²) in [7, 11) is 0. The maximum absolute atomic E-state index is 12.0. The van der Waals surface area contributed by atoms with Crippen LogP contribution in [0.4, 0.5) is 5.95 Å². The van der Waals surface area contributed by atoms with Crippen molar-refractivity contribution < 1.29 is 4.79 Å². The molecular weight excluding hydrogens is 362 g/mol. The van der Waals surface area contributed by atoms with Crippen molar-refractivity contribution in [2.75, 3.05) is 5.32 Å². The Hall–Kier alpha value is -3.54. The molecule has 3 aromatic heterocycles. The normalized spacial score (nSPS) is 13.5. The van der Waals surface area contributed by atoms with Gasteiger partial charge >= 0.3 is 0 Å².